The number of nitrogens with zero attached hydrogens (tertiary/aromatic N) is 1. The number of amides is 1. The molecule has 1 heterocycles. The first-order valence-corrected chi connectivity index (χ1v) is 14.1. The van der Waals surface area contributed by atoms with Gasteiger partial charge in [-0.25, -0.2) is 0 Å². The minimum absolute atomic E-state index is 0.0128. The molecule has 0 bridgehead atoms. The molecule has 1 fully saturated rings. The number of Topliss-reactive ketones (excluding diaryl/α,β-unsaturated/α-hetero) is 2. The Morgan fingerprint density at radius 2 is 1.81 bits per heavy atom. The molecule has 43 heavy (non-hydrogen) atoms. The normalized spacial score (nSPS) is 26.6. The number of likely N-dealkylation sites (N-methyl/N-ethyl adjacent to an activating group) is 1. The van der Waals surface area contributed by atoms with E-state index in [4.69, 9.17) is 15.5 Å². The van der Waals surface area contributed by atoms with Crippen LogP contribution in [-0.4, -0.2) is 68.5 Å². The predicted octanol–water partition coefficient (Wildman–Crippen LogP) is 2.75. The third-order valence-electron chi connectivity index (χ3n) is 9.26. The van der Waals surface area contributed by atoms with Crippen molar-refractivity contribution in [3.8, 4) is 22.6 Å². The SMILES string of the molecule is CN(C)[C@@H]1C(=O)C(C(N)=O)=C(O)[C@@]2(O)C(=O)C3=C(O)c4c(O)c(C(C)(C)C)cc(-c5ccc6c(c5)COO6)c4C[C@H]3C[C@@H]12. The number of nitrogens with two attached hydrogens (primary N) is 1. The van der Waals surface area contributed by atoms with E-state index in [-0.39, 0.29) is 36.3 Å². The number of aromatic hydroxyl groups is 1. The fourth-order valence-electron chi connectivity index (χ4n) is 7.24. The first-order chi connectivity index (χ1) is 20.1. The second-order valence-electron chi connectivity index (χ2n) is 13.1. The van der Waals surface area contributed by atoms with Gasteiger partial charge in [-0.05, 0) is 73.2 Å². The number of hydrogen-bond acceptors (Lipinski definition) is 10. The molecule has 0 saturated heterocycles. The molecule has 0 radical (unpaired) electrons. The van der Waals surface area contributed by atoms with Gasteiger partial charge in [0.15, 0.2) is 17.1 Å². The molecular formula is C32H34N2O9. The molecule has 2 aromatic carbocycles. The summed E-state index contributed by atoms with van der Waals surface area (Å²) in [6.07, 6.45) is 0.199. The average Bonchev–Trinajstić information content (AvgIpc) is 3.38. The molecule has 6 N–H and O–H groups in total. The number of primary amides is 1. The summed E-state index contributed by atoms with van der Waals surface area (Å²) in [5.74, 6) is -6.17. The van der Waals surface area contributed by atoms with Crippen molar-refractivity contribution < 1.29 is 44.6 Å². The summed E-state index contributed by atoms with van der Waals surface area (Å²) in [7, 11) is 3.14. The van der Waals surface area contributed by atoms with Gasteiger partial charge in [0.25, 0.3) is 5.91 Å². The minimum Gasteiger partial charge on any atom is -0.508 e. The summed E-state index contributed by atoms with van der Waals surface area (Å²) < 4.78 is 0. The van der Waals surface area contributed by atoms with Crippen LogP contribution in [0.3, 0.4) is 0 Å². The van der Waals surface area contributed by atoms with Crippen LogP contribution >= 0.6 is 0 Å². The van der Waals surface area contributed by atoms with Crippen molar-refractivity contribution in [1.29, 1.82) is 0 Å². The van der Waals surface area contributed by atoms with Gasteiger partial charge in [0.1, 0.15) is 29.4 Å². The molecule has 226 valence electrons. The number of benzene rings is 2. The van der Waals surface area contributed by atoms with E-state index < -0.39 is 63.5 Å². The molecule has 6 rings (SSSR count). The minimum atomic E-state index is -2.69. The Morgan fingerprint density at radius 3 is 2.44 bits per heavy atom. The van der Waals surface area contributed by atoms with Crippen LogP contribution in [0.2, 0.25) is 0 Å². The maximum atomic E-state index is 14.2. The van der Waals surface area contributed by atoms with Crippen LogP contribution in [0, 0.1) is 11.8 Å². The van der Waals surface area contributed by atoms with Crippen molar-refractivity contribution in [3.05, 3.63) is 63.4 Å². The Hall–Kier alpha value is -4.19. The van der Waals surface area contributed by atoms with Crippen LogP contribution in [0.4, 0.5) is 0 Å². The summed E-state index contributed by atoms with van der Waals surface area (Å²) in [5.41, 5.74) is 4.65. The van der Waals surface area contributed by atoms with Gasteiger partial charge in [-0.3, -0.25) is 19.3 Å². The molecule has 4 atom stereocenters. The first-order valence-electron chi connectivity index (χ1n) is 14.1. The van der Waals surface area contributed by atoms with Crippen molar-refractivity contribution in [1.82, 2.24) is 4.90 Å². The number of ketones is 2. The van der Waals surface area contributed by atoms with E-state index in [1.165, 1.54) is 4.90 Å². The third-order valence-corrected chi connectivity index (χ3v) is 9.26. The van der Waals surface area contributed by atoms with Crippen molar-refractivity contribution in [2.45, 2.75) is 57.3 Å². The molecule has 11 heteroatoms. The zero-order valence-corrected chi connectivity index (χ0v) is 24.5. The molecule has 1 saturated carbocycles. The number of fused-ring (bicyclic) bond motifs is 4. The lowest BCUT2D eigenvalue weighted by molar-refractivity contribution is -0.194. The third kappa shape index (κ3) is 3.95. The zero-order valence-electron chi connectivity index (χ0n) is 24.5. The van der Waals surface area contributed by atoms with Crippen LogP contribution in [0.25, 0.3) is 16.9 Å². The van der Waals surface area contributed by atoms with Gasteiger partial charge in [0.05, 0.1) is 11.6 Å². The molecule has 1 aliphatic heterocycles. The number of phenolic OH excluding ortho intramolecular Hbond substituents is 1. The number of carbonyl (C=O) groups is 3. The van der Waals surface area contributed by atoms with Crippen LogP contribution in [-0.2, 0) is 37.7 Å². The highest BCUT2D eigenvalue weighted by Crippen LogP contribution is 2.55. The van der Waals surface area contributed by atoms with Crippen molar-refractivity contribution >= 4 is 23.2 Å². The zero-order chi connectivity index (χ0) is 31.3. The van der Waals surface area contributed by atoms with Gasteiger partial charge in [0, 0.05) is 22.6 Å². The lowest BCUT2D eigenvalue weighted by Crippen LogP contribution is -2.65. The van der Waals surface area contributed by atoms with E-state index in [1.807, 2.05) is 39.0 Å². The van der Waals surface area contributed by atoms with Gasteiger partial charge < -0.3 is 31.0 Å². The summed E-state index contributed by atoms with van der Waals surface area (Å²) in [6.45, 7) is 5.98. The second-order valence-corrected chi connectivity index (χ2v) is 13.1. The van der Waals surface area contributed by atoms with Gasteiger partial charge >= 0.3 is 0 Å². The van der Waals surface area contributed by atoms with Gasteiger partial charge in [-0.15, -0.1) is 0 Å². The Kier molecular flexibility index (Phi) is 6.32. The maximum Gasteiger partial charge on any atom is 0.255 e. The van der Waals surface area contributed by atoms with E-state index in [0.717, 1.165) is 16.7 Å². The Bertz CT molecular complexity index is 1700. The van der Waals surface area contributed by atoms with Crippen LogP contribution in [0.1, 0.15) is 49.4 Å². The number of carbonyl (C=O) groups excluding carboxylic acids is 3. The fourth-order valence-corrected chi connectivity index (χ4v) is 7.24. The van der Waals surface area contributed by atoms with E-state index in [0.29, 0.717) is 16.9 Å². The predicted molar refractivity (Wildman–Crippen MR) is 154 cm³/mol. The van der Waals surface area contributed by atoms with Crippen molar-refractivity contribution in [3.63, 3.8) is 0 Å². The summed E-state index contributed by atoms with van der Waals surface area (Å²) in [4.78, 5) is 51.6. The largest absolute Gasteiger partial charge is 0.508 e. The molecular weight excluding hydrogens is 556 g/mol. The Morgan fingerprint density at radius 1 is 1.12 bits per heavy atom. The summed E-state index contributed by atoms with van der Waals surface area (Å²) in [6, 6.07) is 6.28. The maximum absolute atomic E-state index is 14.2. The summed E-state index contributed by atoms with van der Waals surface area (Å²) >= 11 is 0. The highest BCUT2D eigenvalue weighted by atomic mass is 17.2. The van der Waals surface area contributed by atoms with Gasteiger partial charge in [-0.2, -0.15) is 4.89 Å². The molecule has 3 aliphatic carbocycles. The number of aliphatic hydroxyl groups is 3. The average molecular weight is 591 g/mol. The van der Waals surface area contributed by atoms with Crippen molar-refractivity contribution in [2.24, 2.45) is 17.6 Å². The number of hydrogen-bond donors (Lipinski definition) is 5. The van der Waals surface area contributed by atoms with Gasteiger partial charge in [0.2, 0.25) is 5.78 Å². The van der Waals surface area contributed by atoms with Gasteiger partial charge in [-0.1, -0.05) is 26.8 Å². The smallest absolute Gasteiger partial charge is 0.255 e. The first kappa shape index (κ1) is 28.9. The molecule has 2 aromatic rings. The number of phenols is 1. The van der Waals surface area contributed by atoms with Crippen molar-refractivity contribution in [2.75, 3.05) is 14.1 Å². The van der Waals surface area contributed by atoms with E-state index >= 15 is 0 Å². The topological polar surface area (TPSA) is 180 Å². The lowest BCUT2D eigenvalue weighted by Gasteiger charge is -2.50. The molecule has 11 nitrogen and oxygen atoms in total. The molecule has 0 unspecified atom stereocenters. The van der Waals surface area contributed by atoms with E-state index in [1.54, 1.807) is 20.2 Å². The van der Waals surface area contributed by atoms with Crippen LogP contribution in [0.5, 0.6) is 11.5 Å². The monoisotopic (exact) mass is 590 g/mol. The lowest BCUT2D eigenvalue weighted by atomic mass is 9.57. The highest BCUT2D eigenvalue weighted by molar-refractivity contribution is 6.24. The van der Waals surface area contributed by atoms with E-state index in [2.05, 4.69) is 0 Å². The fraction of sp³-hybridized carbons (Fsp3) is 0.406. The second kappa shape index (κ2) is 9.40. The van der Waals surface area contributed by atoms with Crippen LogP contribution < -0.4 is 10.6 Å². The Balaban J connectivity index is 1.61. The Labute approximate surface area is 247 Å². The van der Waals surface area contributed by atoms with E-state index in [9.17, 15) is 34.8 Å². The molecule has 0 aromatic heterocycles. The number of rotatable bonds is 3. The highest BCUT2D eigenvalue weighted by Gasteiger charge is 2.64. The quantitative estimate of drug-likeness (QED) is 0.264. The molecule has 1 amide bonds. The summed E-state index contributed by atoms with van der Waals surface area (Å²) in [5, 5.41) is 46.3. The molecule has 4 aliphatic rings. The number of aliphatic hydroxyl groups excluding tert-OH is 2. The molecule has 0 spiro atoms. The van der Waals surface area contributed by atoms with Crippen LogP contribution in [0.15, 0.2) is 41.2 Å². The standard InChI is InChI=1S/C32H34N2O9/c1-31(2,3)19-11-16(13-6-7-20-15(8-13)12-42-43-20)17-9-14-10-18-24(34(4)5)27(37)23(30(33)40)29(39)32(18,41)28(38)21(14)26(36)22(17)25(19)35/h6-8,11,14,18,24,35-36,39,41H,9-10,12H2,1-5H3,(H2,33,40)/t14-,18-,24-,32-/m0/s1.